The maximum atomic E-state index is 12.7. The molecule has 0 saturated heterocycles. The molecule has 0 aliphatic rings. The van der Waals surface area contributed by atoms with Crippen LogP contribution < -0.4 is 5.73 Å². The zero-order chi connectivity index (χ0) is 8.97. The zero-order valence-electron chi connectivity index (χ0n) is 6.69. The predicted molar refractivity (Wildman–Crippen MR) is 48.8 cm³/mol. The van der Waals surface area contributed by atoms with Crippen molar-refractivity contribution < 1.29 is 4.39 Å². The maximum Gasteiger partial charge on any atom is 0.123 e. The smallest absolute Gasteiger partial charge is 0.123 e. The summed E-state index contributed by atoms with van der Waals surface area (Å²) in [4.78, 5) is 0. The van der Waals surface area contributed by atoms with Gasteiger partial charge in [0, 0.05) is 5.02 Å². The minimum atomic E-state index is -0.244. The van der Waals surface area contributed by atoms with E-state index in [2.05, 4.69) is 0 Å². The Balaban J connectivity index is 2.75. The second-order valence-electron chi connectivity index (χ2n) is 2.63. The monoisotopic (exact) mass is 187 g/mol. The molecule has 0 amide bonds. The number of aryl methyl sites for hydroxylation is 1. The number of hydrogen-bond acceptors (Lipinski definition) is 1. The van der Waals surface area contributed by atoms with Gasteiger partial charge in [0.2, 0.25) is 0 Å². The van der Waals surface area contributed by atoms with Crippen molar-refractivity contribution in [1.29, 1.82) is 0 Å². The van der Waals surface area contributed by atoms with E-state index in [1.54, 1.807) is 6.07 Å². The van der Waals surface area contributed by atoms with Crippen LogP contribution in [0.2, 0.25) is 5.02 Å². The molecule has 0 aromatic heterocycles. The lowest BCUT2D eigenvalue weighted by molar-refractivity contribution is 0.624. The molecule has 1 aromatic carbocycles. The van der Waals surface area contributed by atoms with Crippen LogP contribution in [0.3, 0.4) is 0 Å². The predicted octanol–water partition coefficient (Wildman–Crippen LogP) is 2.37. The molecule has 0 aliphatic heterocycles. The third kappa shape index (κ3) is 2.47. The number of halogens is 2. The van der Waals surface area contributed by atoms with E-state index < -0.39 is 0 Å². The molecule has 0 bridgehead atoms. The second-order valence-corrected chi connectivity index (χ2v) is 3.04. The Kier molecular flexibility index (Phi) is 3.50. The van der Waals surface area contributed by atoms with Crippen molar-refractivity contribution in [3.8, 4) is 0 Å². The van der Waals surface area contributed by atoms with Gasteiger partial charge in [-0.05, 0) is 43.1 Å². The molecule has 0 heterocycles. The molecule has 0 atom stereocenters. The molecule has 1 rings (SSSR count). The summed E-state index contributed by atoms with van der Waals surface area (Å²) >= 11 is 5.82. The molecule has 0 spiro atoms. The fourth-order valence-corrected chi connectivity index (χ4v) is 1.24. The van der Waals surface area contributed by atoms with Crippen molar-refractivity contribution in [3.63, 3.8) is 0 Å². The Labute approximate surface area is 76.3 Å². The Morgan fingerprint density at radius 1 is 1.42 bits per heavy atom. The average molecular weight is 188 g/mol. The molecule has 1 nitrogen and oxygen atoms in total. The van der Waals surface area contributed by atoms with Gasteiger partial charge in [-0.1, -0.05) is 11.6 Å². The highest BCUT2D eigenvalue weighted by Crippen LogP contribution is 2.18. The third-order valence-corrected chi connectivity index (χ3v) is 2.03. The van der Waals surface area contributed by atoms with Crippen LogP contribution >= 0.6 is 11.6 Å². The Morgan fingerprint density at radius 2 is 2.17 bits per heavy atom. The fourth-order valence-electron chi connectivity index (χ4n) is 1.03. The van der Waals surface area contributed by atoms with Crippen LogP contribution in [0.5, 0.6) is 0 Å². The Morgan fingerprint density at radius 3 is 2.83 bits per heavy atom. The number of nitrogens with two attached hydrogens (primary N) is 1. The van der Waals surface area contributed by atoms with Crippen LogP contribution in [0.4, 0.5) is 4.39 Å². The first-order valence-corrected chi connectivity index (χ1v) is 4.26. The van der Waals surface area contributed by atoms with Crippen LogP contribution in [-0.4, -0.2) is 6.54 Å². The molecule has 0 unspecified atom stereocenters. The number of hydrogen-bond donors (Lipinski definition) is 1. The van der Waals surface area contributed by atoms with E-state index in [-0.39, 0.29) is 5.82 Å². The molecule has 0 aliphatic carbocycles. The molecular formula is C9H11ClFN. The van der Waals surface area contributed by atoms with E-state index in [0.29, 0.717) is 11.6 Å². The highest BCUT2D eigenvalue weighted by atomic mass is 35.5. The van der Waals surface area contributed by atoms with Gasteiger partial charge in [-0.25, -0.2) is 4.39 Å². The molecule has 3 heteroatoms. The third-order valence-electron chi connectivity index (χ3n) is 1.66. The molecular weight excluding hydrogens is 177 g/mol. The minimum absolute atomic E-state index is 0.244. The van der Waals surface area contributed by atoms with E-state index in [4.69, 9.17) is 17.3 Å². The van der Waals surface area contributed by atoms with Gasteiger partial charge in [0.25, 0.3) is 0 Å². The quantitative estimate of drug-likeness (QED) is 0.773. The maximum absolute atomic E-state index is 12.7. The summed E-state index contributed by atoms with van der Waals surface area (Å²) in [7, 11) is 0. The first kappa shape index (κ1) is 9.49. The van der Waals surface area contributed by atoms with Gasteiger partial charge in [0.15, 0.2) is 0 Å². The normalized spacial score (nSPS) is 10.2. The summed E-state index contributed by atoms with van der Waals surface area (Å²) in [6.07, 6.45) is 1.58. The van der Waals surface area contributed by atoms with Crippen molar-refractivity contribution >= 4 is 11.6 Å². The Bertz CT molecular complexity index is 263. The summed E-state index contributed by atoms with van der Waals surface area (Å²) in [6.45, 7) is 0.604. The largest absolute Gasteiger partial charge is 0.330 e. The summed E-state index contributed by atoms with van der Waals surface area (Å²) < 4.78 is 12.7. The van der Waals surface area contributed by atoms with Crippen molar-refractivity contribution in [2.75, 3.05) is 6.54 Å². The van der Waals surface area contributed by atoms with Crippen molar-refractivity contribution in [1.82, 2.24) is 0 Å². The molecule has 1 aromatic rings. The lowest BCUT2D eigenvalue weighted by Gasteiger charge is -2.02. The highest BCUT2D eigenvalue weighted by molar-refractivity contribution is 6.31. The molecule has 12 heavy (non-hydrogen) atoms. The lowest BCUT2D eigenvalue weighted by Crippen LogP contribution is -2.00. The number of benzene rings is 1. The van der Waals surface area contributed by atoms with E-state index in [0.717, 1.165) is 18.4 Å². The molecule has 0 saturated carbocycles. The summed E-state index contributed by atoms with van der Waals surface area (Å²) in [6, 6.07) is 4.38. The van der Waals surface area contributed by atoms with E-state index in [9.17, 15) is 4.39 Å². The van der Waals surface area contributed by atoms with Crippen LogP contribution in [-0.2, 0) is 6.42 Å². The summed E-state index contributed by atoms with van der Waals surface area (Å²) in [5.74, 6) is -0.244. The van der Waals surface area contributed by atoms with Gasteiger partial charge in [-0.3, -0.25) is 0 Å². The second kappa shape index (κ2) is 4.43. The molecule has 0 fully saturated rings. The van der Waals surface area contributed by atoms with Crippen LogP contribution in [0.15, 0.2) is 18.2 Å². The zero-order valence-corrected chi connectivity index (χ0v) is 7.44. The topological polar surface area (TPSA) is 26.0 Å². The standard InChI is InChI=1S/C9H11ClFN/c10-9-4-3-8(11)6-7(9)2-1-5-12/h3-4,6H,1-2,5,12H2. The van der Waals surface area contributed by atoms with Gasteiger partial charge < -0.3 is 5.73 Å². The van der Waals surface area contributed by atoms with Gasteiger partial charge in [-0.15, -0.1) is 0 Å². The molecule has 0 radical (unpaired) electrons. The van der Waals surface area contributed by atoms with Gasteiger partial charge in [0.1, 0.15) is 5.82 Å². The Hall–Kier alpha value is -0.600. The van der Waals surface area contributed by atoms with Crippen LogP contribution in [0.1, 0.15) is 12.0 Å². The van der Waals surface area contributed by atoms with Gasteiger partial charge in [-0.2, -0.15) is 0 Å². The summed E-state index contributed by atoms with van der Waals surface area (Å²) in [5.41, 5.74) is 6.16. The van der Waals surface area contributed by atoms with Crippen molar-refractivity contribution in [3.05, 3.63) is 34.6 Å². The fraction of sp³-hybridized carbons (Fsp3) is 0.333. The van der Waals surface area contributed by atoms with Gasteiger partial charge in [0.05, 0.1) is 0 Å². The molecule has 66 valence electrons. The highest BCUT2D eigenvalue weighted by Gasteiger charge is 2.00. The molecule has 2 N–H and O–H groups in total. The first-order valence-electron chi connectivity index (χ1n) is 3.88. The van der Waals surface area contributed by atoms with Crippen LogP contribution in [0.25, 0.3) is 0 Å². The SMILES string of the molecule is NCCCc1cc(F)ccc1Cl. The van der Waals surface area contributed by atoms with Crippen LogP contribution in [0, 0.1) is 5.82 Å². The van der Waals surface area contributed by atoms with Crippen molar-refractivity contribution in [2.24, 2.45) is 5.73 Å². The first-order chi connectivity index (χ1) is 5.74. The summed E-state index contributed by atoms with van der Waals surface area (Å²) in [5, 5.41) is 0.616. The van der Waals surface area contributed by atoms with Crippen molar-refractivity contribution in [2.45, 2.75) is 12.8 Å². The minimum Gasteiger partial charge on any atom is -0.330 e. The van der Waals surface area contributed by atoms with E-state index in [1.165, 1.54) is 12.1 Å². The lowest BCUT2D eigenvalue weighted by atomic mass is 10.1. The number of rotatable bonds is 3. The van der Waals surface area contributed by atoms with Gasteiger partial charge >= 0.3 is 0 Å². The van der Waals surface area contributed by atoms with E-state index in [1.807, 2.05) is 0 Å². The average Bonchev–Trinajstić information content (AvgIpc) is 2.07. The van der Waals surface area contributed by atoms with E-state index >= 15 is 0 Å².